The van der Waals surface area contributed by atoms with E-state index in [0.29, 0.717) is 25.3 Å². The van der Waals surface area contributed by atoms with Crippen LogP contribution in [0, 0.1) is 25.7 Å². The van der Waals surface area contributed by atoms with Crippen molar-refractivity contribution >= 4 is 16.9 Å². The van der Waals surface area contributed by atoms with Gasteiger partial charge in [-0.25, -0.2) is 9.67 Å². The summed E-state index contributed by atoms with van der Waals surface area (Å²) >= 11 is 0. The molecule has 0 bridgehead atoms. The maximum Gasteiger partial charge on any atom is 0.242 e. The van der Waals surface area contributed by atoms with Crippen molar-refractivity contribution in [1.82, 2.24) is 25.0 Å². The smallest absolute Gasteiger partial charge is 0.242 e. The number of aromatic nitrogens is 3. The molecule has 7 nitrogen and oxygen atoms in total. The SMILES string of the molecule is COc1nn(C)c2nc(C)c(CCC(=O)NCc3ccc(CN4CC(C)CC(C)C4)cc3)c(C)c12. The van der Waals surface area contributed by atoms with Crippen LogP contribution >= 0.6 is 0 Å². The molecule has 1 aliphatic rings. The highest BCUT2D eigenvalue weighted by Crippen LogP contribution is 2.30. The molecular weight excluding hydrogens is 438 g/mol. The first-order valence-electron chi connectivity index (χ1n) is 12.7. The average Bonchev–Trinajstić information content (AvgIpc) is 3.13. The van der Waals surface area contributed by atoms with Gasteiger partial charge in [0.15, 0.2) is 5.65 Å². The van der Waals surface area contributed by atoms with E-state index < -0.39 is 0 Å². The third-order valence-corrected chi connectivity index (χ3v) is 7.18. The summed E-state index contributed by atoms with van der Waals surface area (Å²) in [5, 5.41) is 8.40. The molecule has 1 aliphatic heterocycles. The molecule has 188 valence electrons. The molecule has 2 unspecified atom stereocenters. The Balaban J connectivity index is 1.31. The molecule has 1 fully saturated rings. The van der Waals surface area contributed by atoms with Crippen molar-refractivity contribution in [2.45, 2.75) is 60.0 Å². The second kappa shape index (κ2) is 10.8. The molecule has 1 N–H and O–H groups in total. The fourth-order valence-corrected chi connectivity index (χ4v) is 5.58. The van der Waals surface area contributed by atoms with Crippen LogP contribution in [0.5, 0.6) is 5.88 Å². The summed E-state index contributed by atoms with van der Waals surface area (Å²) in [6, 6.07) is 8.65. The lowest BCUT2D eigenvalue weighted by Crippen LogP contribution is -2.38. The molecule has 35 heavy (non-hydrogen) atoms. The van der Waals surface area contributed by atoms with Crippen molar-refractivity contribution in [2.75, 3.05) is 20.2 Å². The Morgan fingerprint density at radius 1 is 1.11 bits per heavy atom. The van der Waals surface area contributed by atoms with Gasteiger partial charge in [-0.15, -0.1) is 5.10 Å². The molecule has 0 saturated carbocycles. The lowest BCUT2D eigenvalue weighted by atomic mass is 9.91. The summed E-state index contributed by atoms with van der Waals surface area (Å²) in [6.45, 7) is 12.6. The molecule has 0 aliphatic carbocycles. The molecule has 3 heterocycles. The molecule has 0 radical (unpaired) electrons. The third kappa shape index (κ3) is 5.84. The van der Waals surface area contributed by atoms with Crippen LogP contribution in [0.1, 0.15) is 54.6 Å². The van der Waals surface area contributed by atoms with Crippen molar-refractivity contribution in [3.05, 3.63) is 52.2 Å². The average molecular weight is 478 g/mol. The second-order valence-electron chi connectivity index (χ2n) is 10.4. The molecule has 1 aromatic carbocycles. The van der Waals surface area contributed by atoms with E-state index >= 15 is 0 Å². The van der Waals surface area contributed by atoms with Gasteiger partial charge in [0.1, 0.15) is 0 Å². The van der Waals surface area contributed by atoms with E-state index in [4.69, 9.17) is 9.72 Å². The predicted octanol–water partition coefficient (Wildman–Crippen LogP) is 4.32. The van der Waals surface area contributed by atoms with Crippen molar-refractivity contribution in [3.8, 4) is 5.88 Å². The van der Waals surface area contributed by atoms with Crippen molar-refractivity contribution in [2.24, 2.45) is 18.9 Å². The van der Waals surface area contributed by atoms with Crippen molar-refractivity contribution < 1.29 is 9.53 Å². The summed E-state index contributed by atoms with van der Waals surface area (Å²) in [5.41, 5.74) is 6.36. The Morgan fingerprint density at radius 2 is 1.77 bits per heavy atom. The van der Waals surface area contributed by atoms with Crippen molar-refractivity contribution in [3.63, 3.8) is 0 Å². The number of methoxy groups -OCH3 is 1. The Kier molecular flexibility index (Phi) is 7.75. The lowest BCUT2D eigenvalue weighted by molar-refractivity contribution is -0.121. The van der Waals surface area contributed by atoms with Crippen LogP contribution < -0.4 is 10.1 Å². The maximum absolute atomic E-state index is 12.6. The quantitative estimate of drug-likeness (QED) is 0.523. The number of fused-ring (bicyclic) bond motifs is 1. The first-order valence-corrected chi connectivity index (χ1v) is 12.7. The van der Waals surface area contributed by atoms with E-state index in [1.165, 1.54) is 25.1 Å². The molecule has 1 saturated heterocycles. The topological polar surface area (TPSA) is 72.3 Å². The van der Waals surface area contributed by atoms with Gasteiger partial charge in [0.25, 0.3) is 0 Å². The van der Waals surface area contributed by atoms with Crippen LogP contribution in [-0.4, -0.2) is 45.8 Å². The van der Waals surface area contributed by atoms with E-state index in [0.717, 1.165) is 51.8 Å². The normalized spacial score (nSPS) is 18.7. The summed E-state index contributed by atoms with van der Waals surface area (Å²) in [6.07, 6.45) is 2.38. The minimum absolute atomic E-state index is 0.0439. The molecule has 2 atom stereocenters. The number of amides is 1. The van der Waals surface area contributed by atoms with Gasteiger partial charge in [-0.1, -0.05) is 38.1 Å². The fourth-order valence-electron chi connectivity index (χ4n) is 5.58. The molecule has 2 aromatic heterocycles. The monoisotopic (exact) mass is 477 g/mol. The zero-order valence-electron chi connectivity index (χ0n) is 22.0. The minimum atomic E-state index is 0.0439. The molecule has 3 aromatic rings. The number of hydrogen-bond donors (Lipinski definition) is 1. The van der Waals surface area contributed by atoms with E-state index in [1.807, 2.05) is 14.0 Å². The number of aryl methyl sites for hydroxylation is 3. The van der Waals surface area contributed by atoms with Gasteiger partial charge < -0.3 is 10.1 Å². The van der Waals surface area contributed by atoms with Crippen molar-refractivity contribution in [1.29, 1.82) is 0 Å². The number of piperidine rings is 1. The largest absolute Gasteiger partial charge is 0.479 e. The lowest BCUT2D eigenvalue weighted by Gasteiger charge is -2.35. The number of rotatable bonds is 8. The standard InChI is InChI=1S/C28H39N5O2/c1-18-13-19(2)16-33(15-18)17-23-9-7-22(8-10-23)14-29-25(34)12-11-24-20(3)26-27(30-21(24)4)32(5)31-28(26)35-6/h7-10,18-19H,11-17H2,1-6H3,(H,29,34). The van der Waals surface area contributed by atoms with Crippen LogP contribution in [0.15, 0.2) is 24.3 Å². The van der Waals surface area contributed by atoms with E-state index in [2.05, 4.69) is 60.4 Å². The summed E-state index contributed by atoms with van der Waals surface area (Å²) < 4.78 is 7.18. The molecule has 4 rings (SSSR count). The number of nitrogens with one attached hydrogen (secondary N) is 1. The van der Waals surface area contributed by atoms with Crippen LogP contribution in [-0.2, 0) is 31.4 Å². The third-order valence-electron chi connectivity index (χ3n) is 7.18. The number of hydrogen-bond acceptors (Lipinski definition) is 5. The Hall–Kier alpha value is -2.93. The number of ether oxygens (including phenoxy) is 1. The number of pyridine rings is 1. The summed E-state index contributed by atoms with van der Waals surface area (Å²) in [4.78, 5) is 19.9. The molecule has 7 heteroatoms. The van der Waals surface area contributed by atoms with Gasteiger partial charge in [0.2, 0.25) is 11.8 Å². The van der Waals surface area contributed by atoms with Gasteiger partial charge in [0, 0.05) is 45.3 Å². The number of benzene rings is 1. The summed E-state index contributed by atoms with van der Waals surface area (Å²) in [7, 11) is 3.49. The Labute approximate surface area is 208 Å². The van der Waals surface area contributed by atoms with E-state index in [1.54, 1.807) is 11.8 Å². The molecular formula is C28H39N5O2. The number of carbonyl (C=O) groups is 1. The fraction of sp³-hybridized carbons (Fsp3) is 0.536. The van der Waals surface area contributed by atoms with E-state index in [-0.39, 0.29) is 5.91 Å². The van der Waals surface area contributed by atoms with Crippen LogP contribution in [0.3, 0.4) is 0 Å². The molecule has 0 spiro atoms. The van der Waals surface area contributed by atoms with Gasteiger partial charge in [-0.2, -0.15) is 0 Å². The van der Waals surface area contributed by atoms with Crippen LogP contribution in [0.4, 0.5) is 0 Å². The maximum atomic E-state index is 12.6. The highest BCUT2D eigenvalue weighted by molar-refractivity contribution is 5.86. The number of carbonyl (C=O) groups excluding carboxylic acids is 1. The first-order chi connectivity index (χ1) is 16.7. The highest BCUT2D eigenvalue weighted by atomic mass is 16.5. The number of likely N-dealkylation sites (tertiary alicyclic amines) is 1. The predicted molar refractivity (Wildman–Crippen MR) is 139 cm³/mol. The first kappa shape index (κ1) is 25.2. The minimum Gasteiger partial charge on any atom is -0.479 e. The Bertz CT molecular complexity index is 1170. The van der Waals surface area contributed by atoms with Crippen LogP contribution in [0.25, 0.3) is 11.0 Å². The Morgan fingerprint density at radius 3 is 2.43 bits per heavy atom. The second-order valence-corrected chi connectivity index (χ2v) is 10.4. The zero-order chi connectivity index (χ0) is 25.1. The van der Waals surface area contributed by atoms with Gasteiger partial charge in [-0.05, 0) is 60.8 Å². The number of nitrogens with zero attached hydrogens (tertiary/aromatic N) is 4. The van der Waals surface area contributed by atoms with Gasteiger partial charge in [0.05, 0.1) is 12.5 Å². The van der Waals surface area contributed by atoms with Gasteiger partial charge in [-0.3, -0.25) is 9.69 Å². The molecule has 1 amide bonds. The van der Waals surface area contributed by atoms with Crippen LogP contribution in [0.2, 0.25) is 0 Å². The van der Waals surface area contributed by atoms with E-state index in [9.17, 15) is 4.79 Å². The van der Waals surface area contributed by atoms with Gasteiger partial charge >= 0.3 is 0 Å². The highest BCUT2D eigenvalue weighted by Gasteiger charge is 2.22. The summed E-state index contributed by atoms with van der Waals surface area (Å²) in [5.74, 6) is 2.16. The zero-order valence-corrected chi connectivity index (χ0v) is 22.0.